The Morgan fingerprint density at radius 3 is 2.48 bits per heavy atom. The van der Waals surface area contributed by atoms with Crippen molar-refractivity contribution in [3.8, 4) is 11.5 Å². The van der Waals surface area contributed by atoms with Gasteiger partial charge in [0.05, 0.1) is 10.5 Å². The Hall–Kier alpha value is -3.87. The molecule has 0 radical (unpaired) electrons. The van der Waals surface area contributed by atoms with E-state index in [1.807, 2.05) is 19.9 Å². The molecule has 7 heteroatoms. The molecule has 0 saturated carbocycles. The number of furan rings is 1. The van der Waals surface area contributed by atoms with Crippen LogP contribution in [0, 0.1) is 24.0 Å². The molecular weight excluding hydrogens is 374 g/mol. The number of carbonyl (C=O) groups is 1. The number of aryl methyl sites for hydroxylation is 1. The average Bonchev–Trinajstić information content (AvgIpc) is 3.26. The number of non-ortho nitro benzene ring substituents is 1. The van der Waals surface area contributed by atoms with Crippen LogP contribution in [0.25, 0.3) is 6.08 Å². The molecule has 1 aromatic heterocycles. The van der Waals surface area contributed by atoms with Crippen LogP contribution in [0.5, 0.6) is 11.5 Å². The SMILES string of the molecule is Cc1ccc(/C=C2\Oc3c(ccc(OCc4ccc([N+](=O)[O-])cc4)c3C)C2=O)o1. The molecule has 7 nitrogen and oxygen atoms in total. The number of ether oxygens (including phenoxy) is 2. The number of carbonyl (C=O) groups excluding carboxylic acids is 1. The van der Waals surface area contributed by atoms with Crippen molar-refractivity contribution < 1.29 is 23.6 Å². The number of hydrogen-bond acceptors (Lipinski definition) is 6. The first kappa shape index (κ1) is 18.5. The molecule has 0 N–H and O–H groups in total. The summed E-state index contributed by atoms with van der Waals surface area (Å²) in [6.07, 6.45) is 1.58. The number of nitro benzene ring substituents is 1. The molecule has 2 aromatic carbocycles. The third-order valence-electron chi connectivity index (χ3n) is 4.61. The normalized spacial score (nSPS) is 14.0. The third-order valence-corrected chi connectivity index (χ3v) is 4.61. The van der Waals surface area contributed by atoms with Crippen LogP contribution < -0.4 is 9.47 Å². The topological polar surface area (TPSA) is 91.8 Å². The first-order valence-corrected chi connectivity index (χ1v) is 8.93. The Morgan fingerprint density at radius 2 is 1.83 bits per heavy atom. The number of fused-ring (bicyclic) bond motifs is 1. The lowest BCUT2D eigenvalue weighted by Gasteiger charge is -2.11. The molecule has 1 aliphatic heterocycles. The fourth-order valence-corrected chi connectivity index (χ4v) is 3.06. The number of ketones is 1. The minimum atomic E-state index is -0.446. The highest BCUT2D eigenvalue weighted by atomic mass is 16.6. The Bertz CT molecular complexity index is 1140. The van der Waals surface area contributed by atoms with Gasteiger partial charge in [-0.15, -0.1) is 0 Å². The molecule has 0 atom stereocenters. The fraction of sp³-hybridized carbons (Fsp3) is 0.136. The number of allylic oxidation sites excluding steroid dienone is 1. The molecular formula is C22H17NO6. The summed E-state index contributed by atoms with van der Waals surface area (Å²) in [5.41, 5.74) is 2.00. The van der Waals surface area contributed by atoms with Gasteiger partial charge in [0.25, 0.3) is 5.69 Å². The summed E-state index contributed by atoms with van der Waals surface area (Å²) < 4.78 is 17.1. The molecule has 146 valence electrons. The highest BCUT2D eigenvalue weighted by Crippen LogP contribution is 2.39. The van der Waals surface area contributed by atoms with Crippen LogP contribution >= 0.6 is 0 Å². The van der Waals surface area contributed by atoms with Crippen LogP contribution in [-0.2, 0) is 6.61 Å². The molecule has 1 aliphatic rings. The summed E-state index contributed by atoms with van der Waals surface area (Å²) in [5.74, 6) is 2.32. The summed E-state index contributed by atoms with van der Waals surface area (Å²) >= 11 is 0. The van der Waals surface area contributed by atoms with Crippen molar-refractivity contribution in [2.24, 2.45) is 0 Å². The van der Waals surface area contributed by atoms with Crippen molar-refractivity contribution in [1.82, 2.24) is 0 Å². The predicted molar refractivity (Wildman–Crippen MR) is 105 cm³/mol. The lowest BCUT2D eigenvalue weighted by molar-refractivity contribution is -0.384. The second-order valence-corrected chi connectivity index (χ2v) is 6.67. The molecule has 0 amide bonds. The van der Waals surface area contributed by atoms with Crippen molar-refractivity contribution in [2.75, 3.05) is 0 Å². The first-order valence-electron chi connectivity index (χ1n) is 8.93. The summed E-state index contributed by atoms with van der Waals surface area (Å²) in [6, 6.07) is 13.1. The largest absolute Gasteiger partial charge is 0.488 e. The number of rotatable bonds is 5. The standard InChI is InChI=1S/C22H17NO6/c1-13-3-8-17(28-13)11-20-21(24)18-9-10-19(14(2)22(18)29-20)27-12-15-4-6-16(7-5-15)23(25)26/h3-11H,12H2,1-2H3/b20-11-. The molecule has 2 heterocycles. The molecule has 0 aliphatic carbocycles. The van der Waals surface area contributed by atoms with Crippen LogP contribution in [0.4, 0.5) is 5.69 Å². The van der Waals surface area contributed by atoms with E-state index in [-0.39, 0.29) is 23.8 Å². The van der Waals surface area contributed by atoms with Gasteiger partial charge in [-0.3, -0.25) is 14.9 Å². The smallest absolute Gasteiger partial charge is 0.269 e. The average molecular weight is 391 g/mol. The van der Waals surface area contributed by atoms with E-state index in [0.717, 1.165) is 11.3 Å². The molecule has 4 rings (SSSR count). The maximum absolute atomic E-state index is 12.6. The summed E-state index contributed by atoms with van der Waals surface area (Å²) in [4.78, 5) is 22.9. The van der Waals surface area contributed by atoms with E-state index < -0.39 is 4.92 Å². The van der Waals surface area contributed by atoms with E-state index in [1.54, 1.807) is 36.4 Å². The highest BCUT2D eigenvalue weighted by Gasteiger charge is 2.30. The maximum atomic E-state index is 12.6. The molecule has 0 fully saturated rings. The summed E-state index contributed by atoms with van der Waals surface area (Å²) in [7, 11) is 0. The van der Waals surface area contributed by atoms with Crippen LogP contribution in [0.2, 0.25) is 0 Å². The van der Waals surface area contributed by atoms with Crippen LogP contribution in [-0.4, -0.2) is 10.7 Å². The first-order chi connectivity index (χ1) is 13.9. The van der Waals surface area contributed by atoms with E-state index in [2.05, 4.69) is 0 Å². The summed E-state index contributed by atoms with van der Waals surface area (Å²) in [6.45, 7) is 3.88. The zero-order valence-electron chi connectivity index (χ0n) is 15.8. The molecule has 0 unspecified atom stereocenters. The Balaban J connectivity index is 1.52. The van der Waals surface area contributed by atoms with Gasteiger partial charge in [0, 0.05) is 23.8 Å². The quantitative estimate of drug-likeness (QED) is 0.345. The number of hydrogen-bond donors (Lipinski definition) is 0. The van der Waals surface area contributed by atoms with E-state index in [1.165, 1.54) is 12.1 Å². The minimum absolute atomic E-state index is 0.0282. The Morgan fingerprint density at radius 1 is 1.07 bits per heavy atom. The van der Waals surface area contributed by atoms with E-state index in [9.17, 15) is 14.9 Å². The lowest BCUT2D eigenvalue weighted by Crippen LogP contribution is -1.99. The number of nitro groups is 1. The lowest BCUT2D eigenvalue weighted by atomic mass is 10.1. The zero-order valence-corrected chi connectivity index (χ0v) is 15.8. The van der Waals surface area contributed by atoms with Crippen molar-refractivity contribution >= 4 is 17.5 Å². The minimum Gasteiger partial charge on any atom is -0.488 e. The van der Waals surface area contributed by atoms with Gasteiger partial charge in [0.1, 0.15) is 29.6 Å². The van der Waals surface area contributed by atoms with Crippen molar-refractivity contribution in [3.05, 3.63) is 92.6 Å². The number of Topliss-reactive ketones (excluding diaryl/α,β-unsaturated/α-hetero) is 1. The van der Waals surface area contributed by atoms with Crippen LogP contribution in [0.1, 0.15) is 33.0 Å². The van der Waals surface area contributed by atoms with Gasteiger partial charge in [-0.2, -0.15) is 0 Å². The second kappa shape index (κ2) is 7.27. The van der Waals surface area contributed by atoms with Crippen LogP contribution in [0.3, 0.4) is 0 Å². The van der Waals surface area contributed by atoms with E-state index in [4.69, 9.17) is 13.9 Å². The van der Waals surface area contributed by atoms with Crippen molar-refractivity contribution in [2.45, 2.75) is 20.5 Å². The molecule has 29 heavy (non-hydrogen) atoms. The molecule has 0 bridgehead atoms. The Labute approximate surface area is 166 Å². The molecule has 3 aromatic rings. The van der Waals surface area contributed by atoms with Gasteiger partial charge in [-0.1, -0.05) is 0 Å². The van der Waals surface area contributed by atoms with Crippen molar-refractivity contribution in [3.63, 3.8) is 0 Å². The van der Waals surface area contributed by atoms with Gasteiger partial charge in [-0.05, 0) is 55.8 Å². The zero-order chi connectivity index (χ0) is 20.5. The Kier molecular flexibility index (Phi) is 4.64. The molecule has 0 spiro atoms. The molecule has 0 saturated heterocycles. The number of benzene rings is 2. The third kappa shape index (κ3) is 3.62. The summed E-state index contributed by atoms with van der Waals surface area (Å²) in [5, 5.41) is 10.7. The maximum Gasteiger partial charge on any atom is 0.269 e. The monoisotopic (exact) mass is 391 g/mol. The van der Waals surface area contributed by atoms with Gasteiger partial charge in [0.15, 0.2) is 5.76 Å². The fourth-order valence-electron chi connectivity index (χ4n) is 3.06. The van der Waals surface area contributed by atoms with Gasteiger partial charge in [0.2, 0.25) is 5.78 Å². The van der Waals surface area contributed by atoms with Crippen LogP contribution in [0.15, 0.2) is 58.7 Å². The van der Waals surface area contributed by atoms with E-state index in [0.29, 0.717) is 28.4 Å². The predicted octanol–water partition coefficient (Wildman–Crippen LogP) is 5.00. The second-order valence-electron chi connectivity index (χ2n) is 6.67. The number of nitrogens with zero attached hydrogens (tertiary/aromatic N) is 1. The van der Waals surface area contributed by atoms with Gasteiger partial charge >= 0.3 is 0 Å². The van der Waals surface area contributed by atoms with Gasteiger partial charge < -0.3 is 13.9 Å². The van der Waals surface area contributed by atoms with Gasteiger partial charge in [-0.25, -0.2) is 0 Å². The van der Waals surface area contributed by atoms with E-state index >= 15 is 0 Å². The highest BCUT2D eigenvalue weighted by molar-refractivity contribution is 6.14. The van der Waals surface area contributed by atoms with Crippen molar-refractivity contribution in [1.29, 1.82) is 0 Å².